The van der Waals surface area contributed by atoms with Crippen molar-refractivity contribution in [2.24, 2.45) is 10.9 Å². The summed E-state index contributed by atoms with van der Waals surface area (Å²) in [6, 6.07) is 0. The van der Waals surface area contributed by atoms with Gasteiger partial charge in [0, 0.05) is 23.6 Å². The van der Waals surface area contributed by atoms with Crippen LogP contribution in [0.4, 0.5) is 0 Å². The summed E-state index contributed by atoms with van der Waals surface area (Å²) in [7, 11) is 0. The summed E-state index contributed by atoms with van der Waals surface area (Å²) in [5.41, 5.74) is 0. The van der Waals surface area contributed by atoms with Crippen LogP contribution in [0.3, 0.4) is 0 Å². The van der Waals surface area contributed by atoms with E-state index in [9.17, 15) is 0 Å². The first-order valence-corrected chi connectivity index (χ1v) is 3.63. The Balaban J connectivity index is 0.000001000. The number of rotatable bonds is 3. The summed E-state index contributed by atoms with van der Waals surface area (Å²) < 4.78 is 0. The minimum Gasteiger partial charge on any atom is -0.278 e. The quantitative estimate of drug-likeness (QED) is 0.528. The summed E-state index contributed by atoms with van der Waals surface area (Å²) >= 11 is 0. The first kappa shape index (κ1) is 10.7. The molecule has 5 heteroatoms. The zero-order valence-corrected chi connectivity index (χ0v) is 7.57. The van der Waals surface area contributed by atoms with Gasteiger partial charge in [-0.3, -0.25) is 10.0 Å². The summed E-state index contributed by atoms with van der Waals surface area (Å²) in [5.74, 6) is 5.44. The molecule has 1 radical (unpaired) electrons. The molecule has 69 valence electrons. The Morgan fingerprint density at radius 3 is 2.82 bits per heavy atom. The fourth-order valence-electron chi connectivity index (χ4n) is 0.870. The van der Waals surface area contributed by atoms with Crippen LogP contribution in [-0.4, -0.2) is 29.6 Å². The third-order valence-corrected chi connectivity index (χ3v) is 1.46. The minimum absolute atomic E-state index is 0. The van der Waals surface area contributed by atoms with Crippen LogP contribution in [-0.2, 0) is 17.1 Å². The minimum atomic E-state index is 0. The van der Waals surface area contributed by atoms with Gasteiger partial charge in [0.2, 0.25) is 0 Å². The number of hydrogen-bond acceptors (Lipinski definition) is 4. The van der Waals surface area contributed by atoms with E-state index in [1.54, 1.807) is 11.3 Å². The van der Waals surface area contributed by atoms with Crippen molar-refractivity contribution in [3.63, 3.8) is 0 Å². The molecule has 0 aromatic heterocycles. The normalized spacial score (nSPS) is 15.5. The molecule has 0 aromatic rings. The summed E-state index contributed by atoms with van der Waals surface area (Å²) in [4.78, 5) is 0. The molecule has 0 saturated heterocycles. The van der Waals surface area contributed by atoms with Crippen LogP contribution in [0.25, 0.3) is 0 Å². The van der Waals surface area contributed by atoms with Gasteiger partial charge in [0.25, 0.3) is 0 Å². The van der Waals surface area contributed by atoms with Crippen molar-refractivity contribution >= 4 is 6.34 Å². The van der Waals surface area contributed by atoms with Gasteiger partial charge in [0.05, 0.1) is 0 Å². The fraction of sp³-hybridized carbons (Fsp3) is 0.833. The molecular weight excluding hydrogens is 192 g/mol. The van der Waals surface area contributed by atoms with Gasteiger partial charge in [-0.05, 0) is 6.42 Å². The van der Waals surface area contributed by atoms with E-state index in [-0.39, 0.29) is 17.1 Å². The molecule has 1 aliphatic heterocycles. The van der Waals surface area contributed by atoms with E-state index >= 15 is 0 Å². The molecule has 1 heterocycles. The number of nitrogens with zero attached hydrogens (tertiary/aromatic N) is 3. The van der Waals surface area contributed by atoms with E-state index in [0.717, 1.165) is 13.2 Å². The van der Waals surface area contributed by atoms with Gasteiger partial charge in [-0.2, -0.15) is 5.10 Å². The molecule has 1 aliphatic rings. The van der Waals surface area contributed by atoms with Gasteiger partial charge in [-0.15, -0.1) is 0 Å². The molecule has 0 aromatic carbocycles. The van der Waals surface area contributed by atoms with E-state index in [1.807, 2.05) is 5.01 Å². The topological polar surface area (TPSA) is 44.9 Å². The second-order valence-electron chi connectivity index (χ2n) is 2.47. The van der Waals surface area contributed by atoms with Crippen LogP contribution >= 0.6 is 0 Å². The number of unbranched alkanes of at least 4 members (excludes halogenated alkanes) is 1. The summed E-state index contributed by atoms with van der Waals surface area (Å²) in [6.07, 6.45) is 4.04. The van der Waals surface area contributed by atoms with Crippen LogP contribution in [0.15, 0.2) is 5.10 Å². The maximum Gasteiger partial charge on any atom is 0.127 e. The van der Waals surface area contributed by atoms with Gasteiger partial charge < -0.3 is 0 Å². The first-order valence-electron chi connectivity index (χ1n) is 3.63. The zero-order valence-electron chi connectivity index (χ0n) is 6.63. The Bertz CT molecular complexity index is 128. The van der Waals surface area contributed by atoms with Crippen molar-refractivity contribution < 1.29 is 17.1 Å². The van der Waals surface area contributed by atoms with Crippen LogP contribution in [0, 0.1) is 0 Å². The van der Waals surface area contributed by atoms with Gasteiger partial charge in [-0.1, -0.05) is 13.3 Å². The molecule has 0 saturated carbocycles. The van der Waals surface area contributed by atoms with E-state index in [2.05, 4.69) is 12.0 Å². The third kappa shape index (κ3) is 3.60. The Morgan fingerprint density at radius 2 is 2.36 bits per heavy atom. The third-order valence-electron chi connectivity index (χ3n) is 1.46. The standard InChI is InChI=1S/C6H14N4.Cu/c1-2-3-4-10-6-9(7)5-8-10;/h5H,2-4,6-7H2,1H3;. The molecule has 11 heavy (non-hydrogen) atoms. The number of hydrazine groups is 1. The van der Waals surface area contributed by atoms with Gasteiger partial charge in [0.1, 0.15) is 13.0 Å². The van der Waals surface area contributed by atoms with Crippen molar-refractivity contribution in [3.05, 3.63) is 0 Å². The molecular formula is C6H14CuN4. The smallest absolute Gasteiger partial charge is 0.127 e. The summed E-state index contributed by atoms with van der Waals surface area (Å²) in [6.45, 7) is 3.92. The van der Waals surface area contributed by atoms with E-state index in [4.69, 9.17) is 5.84 Å². The molecule has 0 bridgehead atoms. The molecule has 0 spiro atoms. The predicted octanol–water partition coefficient (Wildman–Crippen LogP) is 0.176. The predicted molar refractivity (Wildman–Crippen MR) is 41.0 cm³/mol. The molecule has 0 unspecified atom stereocenters. The monoisotopic (exact) mass is 205 g/mol. The van der Waals surface area contributed by atoms with Crippen molar-refractivity contribution in [2.45, 2.75) is 19.8 Å². The van der Waals surface area contributed by atoms with Crippen molar-refractivity contribution in [1.29, 1.82) is 0 Å². The van der Waals surface area contributed by atoms with Crippen molar-refractivity contribution in [1.82, 2.24) is 10.0 Å². The average molecular weight is 206 g/mol. The van der Waals surface area contributed by atoms with Gasteiger partial charge in [0.15, 0.2) is 0 Å². The molecule has 0 atom stereocenters. The molecule has 1 rings (SSSR count). The van der Waals surface area contributed by atoms with Crippen molar-refractivity contribution in [2.75, 3.05) is 13.2 Å². The van der Waals surface area contributed by atoms with Crippen LogP contribution in [0.5, 0.6) is 0 Å². The van der Waals surface area contributed by atoms with Crippen molar-refractivity contribution in [3.8, 4) is 0 Å². The van der Waals surface area contributed by atoms with E-state index < -0.39 is 0 Å². The number of hydrogen-bond donors (Lipinski definition) is 1. The Hall–Kier alpha value is -0.251. The maximum atomic E-state index is 5.44. The average Bonchev–Trinajstić information content (AvgIpc) is 2.31. The first-order chi connectivity index (χ1) is 4.83. The fourth-order valence-corrected chi connectivity index (χ4v) is 0.870. The molecule has 2 N–H and O–H groups in total. The largest absolute Gasteiger partial charge is 0.278 e. The van der Waals surface area contributed by atoms with E-state index in [1.165, 1.54) is 12.8 Å². The van der Waals surface area contributed by atoms with Crippen LogP contribution < -0.4 is 5.84 Å². The zero-order chi connectivity index (χ0) is 7.40. The van der Waals surface area contributed by atoms with E-state index in [0.29, 0.717) is 0 Å². The van der Waals surface area contributed by atoms with Gasteiger partial charge in [-0.25, -0.2) is 5.84 Å². The number of hydrazone groups is 1. The SMILES string of the molecule is CCCCN1CN(N)C=N1.[Cu]. The number of nitrogens with two attached hydrogens (primary N) is 1. The maximum absolute atomic E-state index is 5.44. The van der Waals surface area contributed by atoms with Crippen LogP contribution in [0.2, 0.25) is 0 Å². The molecule has 0 fully saturated rings. The second-order valence-corrected chi connectivity index (χ2v) is 2.47. The van der Waals surface area contributed by atoms with Gasteiger partial charge >= 0.3 is 0 Å². The summed E-state index contributed by atoms with van der Waals surface area (Å²) in [5, 5.41) is 7.60. The Kier molecular flexibility index (Phi) is 5.28. The molecule has 4 nitrogen and oxygen atoms in total. The van der Waals surface area contributed by atoms with Crippen LogP contribution in [0.1, 0.15) is 19.8 Å². The second kappa shape index (κ2) is 5.41. The molecule has 0 aliphatic carbocycles. The Labute approximate surface area is 77.8 Å². The Morgan fingerprint density at radius 1 is 1.64 bits per heavy atom. The molecule has 0 amide bonds.